The van der Waals surface area contributed by atoms with Gasteiger partial charge in [-0.15, -0.1) is 0 Å². The Hall–Kier alpha value is -1.89. The van der Waals surface area contributed by atoms with E-state index in [4.69, 9.17) is 21.8 Å². The number of anilines is 1. The minimum Gasteiger partial charge on any atom is -0.394 e. The predicted octanol–water partition coefficient (Wildman–Crippen LogP) is 0.993. The Labute approximate surface area is 126 Å². The molecule has 3 N–H and O–H groups in total. The molecule has 21 heavy (non-hydrogen) atoms. The molecule has 0 aliphatic rings. The number of hydrogen-bond acceptors (Lipinski definition) is 5. The topological polar surface area (TPSA) is 87.4 Å². The van der Waals surface area contributed by atoms with Crippen LogP contribution in [0.15, 0.2) is 35.3 Å². The van der Waals surface area contributed by atoms with Gasteiger partial charge in [-0.2, -0.15) is 5.10 Å². The van der Waals surface area contributed by atoms with Gasteiger partial charge >= 0.3 is 0 Å². The van der Waals surface area contributed by atoms with Crippen LogP contribution in [0.1, 0.15) is 11.1 Å². The average Bonchev–Trinajstić information content (AvgIpc) is 2.52. The Morgan fingerprint density at radius 1 is 1.19 bits per heavy atom. The standard InChI is InChI=1S/C14H16ClN3O3/c15-13-12(8-17-18(5-6-19)14(13)21)16-7-10-1-3-11(9-20)4-2-10/h1-4,8,16,19-20H,5-7,9H2. The summed E-state index contributed by atoms with van der Waals surface area (Å²) in [5, 5.41) is 24.8. The molecule has 2 aromatic rings. The van der Waals surface area contributed by atoms with E-state index < -0.39 is 5.56 Å². The van der Waals surface area contributed by atoms with Crippen molar-refractivity contribution in [1.29, 1.82) is 0 Å². The summed E-state index contributed by atoms with van der Waals surface area (Å²) in [5.74, 6) is 0. The first kappa shape index (κ1) is 15.5. The summed E-state index contributed by atoms with van der Waals surface area (Å²) in [6.07, 6.45) is 1.46. The number of rotatable bonds is 6. The largest absolute Gasteiger partial charge is 0.394 e. The highest BCUT2D eigenvalue weighted by Gasteiger charge is 2.08. The maximum absolute atomic E-state index is 11.9. The van der Waals surface area contributed by atoms with Crippen molar-refractivity contribution in [3.05, 3.63) is 57.0 Å². The van der Waals surface area contributed by atoms with Gasteiger partial charge in [-0.05, 0) is 11.1 Å². The molecular weight excluding hydrogens is 294 g/mol. The second kappa shape index (κ2) is 7.21. The van der Waals surface area contributed by atoms with Crippen LogP contribution in [-0.4, -0.2) is 26.6 Å². The smallest absolute Gasteiger partial charge is 0.287 e. The Bertz CT molecular complexity index is 656. The van der Waals surface area contributed by atoms with Crippen molar-refractivity contribution in [3.8, 4) is 0 Å². The summed E-state index contributed by atoms with van der Waals surface area (Å²) in [7, 11) is 0. The van der Waals surface area contributed by atoms with Crippen molar-refractivity contribution in [1.82, 2.24) is 9.78 Å². The zero-order chi connectivity index (χ0) is 15.2. The third kappa shape index (κ3) is 3.81. The van der Waals surface area contributed by atoms with E-state index in [2.05, 4.69) is 10.4 Å². The van der Waals surface area contributed by atoms with Crippen LogP contribution in [0.25, 0.3) is 0 Å². The first-order valence-corrected chi connectivity index (χ1v) is 6.82. The zero-order valence-corrected chi connectivity index (χ0v) is 12.0. The van der Waals surface area contributed by atoms with Crippen molar-refractivity contribution >= 4 is 17.3 Å². The van der Waals surface area contributed by atoms with Gasteiger partial charge in [0, 0.05) is 6.54 Å². The molecule has 0 aliphatic carbocycles. The van der Waals surface area contributed by atoms with Crippen LogP contribution in [0.3, 0.4) is 0 Å². The van der Waals surface area contributed by atoms with Crippen LogP contribution < -0.4 is 10.9 Å². The molecule has 0 radical (unpaired) electrons. The molecule has 0 atom stereocenters. The summed E-state index contributed by atoms with van der Waals surface area (Å²) in [6, 6.07) is 7.42. The monoisotopic (exact) mass is 309 g/mol. The van der Waals surface area contributed by atoms with Gasteiger partial charge in [0.05, 0.1) is 31.6 Å². The minimum atomic E-state index is -0.439. The van der Waals surface area contributed by atoms with Crippen LogP contribution >= 0.6 is 11.6 Å². The van der Waals surface area contributed by atoms with E-state index in [0.717, 1.165) is 15.8 Å². The third-order valence-corrected chi connectivity index (χ3v) is 3.35. The van der Waals surface area contributed by atoms with Crippen molar-refractivity contribution in [3.63, 3.8) is 0 Å². The fraction of sp³-hybridized carbons (Fsp3) is 0.286. The van der Waals surface area contributed by atoms with Gasteiger partial charge in [0.25, 0.3) is 5.56 Å². The number of nitrogens with zero attached hydrogens (tertiary/aromatic N) is 2. The third-order valence-electron chi connectivity index (χ3n) is 2.99. The molecule has 0 fully saturated rings. The van der Waals surface area contributed by atoms with Gasteiger partial charge in [0.2, 0.25) is 0 Å². The number of hydrogen-bond donors (Lipinski definition) is 3. The van der Waals surface area contributed by atoms with E-state index >= 15 is 0 Å². The predicted molar refractivity (Wildman–Crippen MR) is 80.3 cm³/mol. The Kier molecular flexibility index (Phi) is 5.32. The minimum absolute atomic E-state index is 0.00649. The first-order chi connectivity index (χ1) is 10.2. The molecule has 0 saturated heterocycles. The fourth-order valence-electron chi connectivity index (χ4n) is 1.80. The lowest BCUT2D eigenvalue weighted by Crippen LogP contribution is -2.25. The number of aliphatic hydroxyl groups excluding tert-OH is 2. The van der Waals surface area contributed by atoms with Gasteiger partial charge in [0.15, 0.2) is 0 Å². The number of halogens is 1. The van der Waals surface area contributed by atoms with E-state index in [0.29, 0.717) is 12.2 Å². The highest BCUT2D eigenvalue weighted by Crippen LogP contribution is 2.16. The van der Waals surface area contributed by atoms with Crippen molar-refractivity contribution in [2.75, 3.05) is 11.9 Å². The van der Waals surface area contributed by atoms with Crippen molar-refractivity contribution < 1.29 is 10.2 Å². The van der Waals surface area contributed by atoms with Crippen LogP contribution in [-0.2, 0) is 19.7 Å². The van der Waals surface area contributed by atoms with Crippen LogP contribution in [0.5, 0.6) is 0 Å². The molecular formula is C14H16ClN3O3. The van der Waals surface area contributed by atoms with Crippen molar-refractivity contribution in [2.24, 2.45) is 0 Å². The van der Waals surface area contributed by atoms with Gasteiger partial charge in [0.1, 0.15) is 5.02 Å². The Morgan fingerprint density at radius 3 is 2.48 bits per heavy atom. The molecule has 0 bridgehead atoms. The van der Waals surface area contributed by atoms with Gasteiger partial charge in [-0.25, -0.2) is 4.68 Å². The van der Waals surface area contributed by atoms with Crippen LogP contribution in [0.2, 0.25) is 5.02 Å². The Balaban J connectivity index is 2.09. The lowest BCUT2D eigenvalue weighted by atomic mass is 10.1. The van der Waals surface area contributed by atoms with E-state index in [1.54, 1.807) is 0 Å². The highest BCUT2D eigenvalue weighted by molar-refractivity contribution is 6.32. The molecule has 112 valence electrons. The summed E-state index contributed by atoms with van der Waals surface area (Å²) in [5.41, 5.74) is 1.83. The highest BCUT2D eigenvalue weighted by atomic mass is 35.5. The molecule has 6 nitrogen and oxygen atoms in total. The SMILES string of the molecule is O=c1c(Cl)c(NCc2ccc(CO)cc2)cnn1CCO. The number of aromatic nitrogens is 2. The summed E-state index contributed by atoms with van der Waals surface area (Å²) >= 11 is 6.00. The van der Waals surface area contributed by atoms with E-state index in [1.165, 1.54) is 6.20 Å². The summed E-state index contributed by atoms with van der Waals surface area (Å²) in [6.45, 7) is 0.428. The molecule has 1 aromatic heterocycles. The second-order valence-corrected chi connectivity index (χ2v) is 4.83. The lowest BCUT2D eigenvalue weighted by Gasteiger charge is -2.10. The summed E-state index contributed by atoms with van der Waals surface area (Å²) in [4.78, 5) is 11.9. The maximum atomic E-state index is 11.9. The van der Waals surface area contributed by atoms with Gasteiger partial charge < -0.3 is 15.5 Å². The molecule has 7 heteroatoms. The van der Waals surface area contributed by atoms with Crippen LogP contribution in [0, 0.1) is 0 Å². The summed E-state index contributed by atoms with van der Waals surface area (Å²) < 4.78 is 1.11. The van der Waals surface area contributed by atoms with Crippen LogP contribution in [0.4, 0.5) is 5.69 Å². The zero-order valence-electron chi connectivity index (χ0n) is 11.3. The van der Waals surface area contributed by atoms with E-state index in [1.807, 2.05) is 24.3 Å². The average molecular weight is 310 g/mol. The van der Waals surface area contributed by atoms with E-state index in [-0.39, 0.29) is 24.8 Å². The normalized spacial score (nSPS) is 10.6. The maximum Gasteiger partial charge on any atom is 0.287 e. The molecule has 0 saturated carbocycles. The number of nitrogens with one attached hydrogen (secondary N) is 1. The molecule has 1 aromatic carbocycles. The molecule has 0 amide bonds. The van der Waals surface area contributed by atoms with Crippen molar-refractivity contribution in [2.45, 2.75) is 19.7 Å². The molecule has 0 unspecified atom stereocenters. The van der Waals surface area contributed by atoms with E-state index in [9.17, 15) is 4.79 Å². The second-order valence-electron chi connectivity index (χ2n) is 4.45. The molecule has 0 aliphatic heterocycles. The Morgan fingerprint density at radius 2 is 1.86 bits per heavy atom. The quantitative estimate of drug-likeness (QED) is 0.741. The molecule has 0 spiro atoms. The van der Waals surface area contributed by atoms with Gasteiger partial charge in [-0.1, -0.05) is 35.9 Å². The fourth-order valence-corrected chi connectivity index (χ4v) is 2.02. The number of aliphatic hydroxyl groups is 2. The molecule has 2 rings (SSSR count). The molecule has 1 heterocycles. The first-order valence-electron chi connectivity index (χ1n) is 6.44. The lowest BCUT2D eigenvalue weighted by molar-refractivity contribution is 0.266. The van der Waals surface area contributed by atoms with Gasteiger partial charge in [-0.3, -0.25) is 4.79 Å². The number of benzene rings is 1.